The monoisotopic (exact) mass is 446 g/mol. The van der Waals surface area contributed by atoms with Crippen LogP contribution in [-0.2, 0) is 6.42 Å². The SMILES string of the molecule is Cc1ccc(C(=O)NNc2ncnc(N3CCC(Cc4ccccc4)CC3)c2[N+](=O)[O-])cc1. The molecule has 2 N–H and O–H groups in total. The highest BCUT2D eigenvalue weighted by atomic mass is 16.6. The van der Waals surface area contributed by atoms with Gasteiger partial charge in [-0.2, -0.15) is 0 Å². The summed E-state index contributed by atoms with van der Waals surface area (Å²) in [5.41, 5.74) is 7.63. The van der Waals surface area contributed by atoms with Crippen molar-refractivity contribution in [2.45, 2.75) is 26.2 Å². The van der Waals surface area contributed by atoms with Crippen LogP contribution in [0.15, 0.2) is 60.9 Å². The summed E-state index contributed by atoms with van der Waals surface area (Å²) in [6.45, 7) is 3.27. The van der Waals surface area contributed by atoms with Crippen LogP contribution in [0.25, 0.3) is 0 Å². The number of nitro groups is 1. The van der Waals surface area contributed by atoms with E-state index in [0.717, 1.165) is 24.8 Å². The molecule has 1 aromatic heterocycles. The number of piperidine rings is 1. The van der Waals surface area contributed by atoms with E-state index in [4.69, 9.17) is 0 Å². The van der Waals surface area contributed by atoms with Gasteiger partial charge in [-0.3, -0.25) is 25.8 Å². The number of hydrogen-bond acceptors (Lipinski definition) is 7. The molecule has 33 heavy (non-hydrogen) atoms. The molecule has 0 aliphatic carbocycles. The fraction of sp³-hybridized carbons (Fsp3) is 0.292. The fourth-order valence-corrected chi connectivity index (χ4v) is 4.05. The molecule has 1 saturated heterocycles. The minimum Gasteiger partial charge on any atom is -0.351 e. The van der Waals surface area contributed by atoms with Gasteiger partial charge in [-0.1, -0.05) is 48.0 Å². The van der Waals surface area contributed by atoms with E-state index in [0.29, 0.717) is 24.6 Å². The maximum atomic E-state index is 12.4. The second-order valence-corrected chi connectivity index (χ2v) is 8.22. The zero-order valence-corrected chi connectivity index (χ0v) is 18.4. The third-order valence-corrected chi connectivity index (χ3v) is 5.87. The van der Waals surface area contributed by atoms with E-state index < -0.39 is 10.8 Å². The number of aryl methyl sites for hydroxylation is 1. The molecule has 1 amide bonds. The van der Waals surface area contributed by atoms with Crippen molar-refractivity contribution in [3.63, 3.8) is 0 Å². The van der Waals surface area contributed by atoms with Crippen molar-refractivity contribution in [2.24, 2.45) is 5.92 Å². The summed E-state index contributed by atoms with van der Waals surface area (Å²) in [4.78, 5) is 33.9. The zero-order chi connectivity index (χ0) is 23.2. The van der Waals surface area contributed by atoms with Gasteiger partial charge >= 0.3 is 5.69 Å². The number of carbonyl (C=O) groups excluding carboxylic acids is 1. The Balaban J connectivity index is 1.43. The summed E-state index contributed by atoms with van der Waals surface area (Å²) in [6.07, 6.45) is 4.11. The van der Waals surface area contributed by atoms with Crippen LogP contribution in [0, 0.1) is 23.0 Å². The lowest BCUT2D eigenvalue weighted by Crippen LogP contribution is -2.36. The number of nitrogens with zero attached hydrogens (tertiary/aromatic N) is 4. The molecule has 0 unspecified atom stereocenters. The Kier molecular flexibility index (Phi) is 6.77. The first-order valence-corrected chi connectivity index (χ1v) is 10.9. The largest absolute Gasteiger partial charge is 0.355 e. The molecule has 1 aliphatic rings. The number of aromatic nitrogens is 2. The summed E-state index contributed by atoms with van der Waals surface area (Å²) in [7, 11) is 0. The molecular weight excluding hydrogens is 420 g/mol. The molecule has 0 saturated carbocycles. The summed E-state index contributed by atoms with van der Waals surface area (Å²) in [6, 6.07) is 17.4. The third kappa shape index (κ3) is 5.43. The summed E-state index contributed by atoms with van der Waals surface area (Å²) < 4.78 is 0. The number of benzene rings is 2. The molecule has 0 spiro atoms. The van der Waals surface area contributed by atoms with Crippen LogP contribution in [0.4, 0.5) is 17.3 Å². The highest BCUT2D eigenvalue weighted by Gasteiger charge is 2.30. The van der Waals surface area contributed by atoms with E-state index in [1.807, 2.05) is 42.2 Å². The molecule has 1 fully saturated rings. The number of rotatable bonds is 7. The second-order valence-electron chi connectivity index (χ2n) is 8.22. The zero-order valence-electron chi connectivity index (χ0n) is 18.4. The smallest absolute Gasteiger partial charge is 0.351 e. The van der Waals surface area contributed by atoms with Gasteiger partial charge in [0.25, 0.3) is 5.91 Å². The van der Waals surface area contributed by atoms with Gasteiger partial charge in [0.1, 0.15) is 6.33 Å². The molecule has 9 heteroatoms. The second kappa shape index (κ2) is 10.1. The Morgan fingerprint density at radius 2 is 1.79 bits per heavy atom. The van der Waals surface area contributed by atoms with E-state index in [9.17, 15) is 14.9 Å². The van der Waals surface area contributed by atoms with Crippen LogP contribution in [-0.4, -0.2) is 33.9 Å². The van der Waals surface area contributed by atoms with E-state index >= 15 is 0 Å². The molecule has 2 heterocycles. The van der Waals surface area contributed by atoms with Crippen LogP contribution in [0.1, 0.15) is 34.3 Å². The van der Waals surface area contributed by atoms with Gasteiger partial charge in [0, 0.05) is 18.7 Å². The van der Waals surface area contributed by atoms with E-state index in [2.05, 4.69) is 33.0 Å². The molecule has 0 atom stereocenters. The van der Waals surface area contributed by atoms with Crippen LogP contribution in [0.2, 0.25) is 0 Å². The van der Waals surface area contributed by atoms with Crippen LogP contribution >= 0.6 is 0 Å². The van der Waals surface area contributed by atoms with Gasteiger partial charge in [-0.05, 0) is 49.8 Å². The van der Waals surface area contributed by atoms with Crippen molar-refractivity contribution in [2.75, 3.05) is 23.4 Å². The number of hydrogen-bond donors (Lipinski definition) is 2. The Hall–Kier alpha value is -4.01. The average Bonchev–Trinajstić information content (AvgIpc) is 2.84. The standard InChI is InChI=1S/C24H26N6O3/c1-17-7-9-20(10-8-17)24(31)28-27-22-21(30(32)33)23(26-16-25-22)29-13-11-19(12-14-29)15-18-5-3-2-4-6-18/h2-10,16,19H,11-15H2,1H3,(H,28,31)(H,25,26,27). The third-order valence-electron chi connectivity index (χ3n) is 5.87. The van der Waals surface area contributed by atoms with Crippen LogP contribution in [0.3, 0.4) is 0 Å². The first-order valence-electron chi connectivity index (χ1n) is 10.9. The molecule has 0 bridgehead atoms. The van der Waals surface area contributed by atoms with Gasteiger partial charge in [0.2, 0.25) is 11.6 Å². The number of nitrogens with one attached hydrogen (secondary N) is 2. The minimum absolute atomic E-state index is 0.0446. The summed E-state index contributed by atoms with van der Waals surface area (Å²) >= 11 is 0. The Morgan fingerprint density at radius 3 is 2.45 bits per heavy atom. The van der Waals surface area contributed by atoms with Crippen molar-refractivity contribution in [3.05, 3.63) is 87.7 Å². The van der Waals surface area contributed by atoms with Crippen molar-refractivity contribution in [1.29, 1.82) is 0 Å². The van der Waals surface area contributed by atoms with Gasteiger partial charge in [0.05, 0.1) is 4.92 Å². The first kappa shape index (κ1) is 22.2. The summed E-state index contributed by atoms with van der Waals surface area (Å²) in [5.74, 6) is 0.333. The van der Waals surface area contributed by atoms with Crippen LogP contribution < -0.4 is 15.8 Å². The maximum Gasteiger partial charge on any atom is 0.355 e. The molecule has 9 nitrogen and oxygen atoms in total. The minimum atomic E-state index is -0.508. The number of anilines is 2. The van der Waals surface area contributed by atoms with Crippen molar-refractivity contribution >= 4 is 23.2 Å². The first-order chi connectivity index (χ1) is 16.0. The topological polar surface area (TPSA) is 113 Å². The van der Waals surface area contributed by atoms with Crippen molar-refractivity contribution in [3.8, 4) is 0 Å². The van der Waals surface area contributed by atoms with E-state index in [-0.39, 0.29) is 17.3 Å². The van der Waals surface area contributed by atoms with E-state index in [1.54, 1.807) is 12.1 Å². The molecule has 170 valence electrons. The Bertz CT molecular complexity index is 1110. The molecular formula is C24H26N6O3. The molecule has 4 rings (SSSR count). The van der Waals surface area contributed by atoms with Crippen LogP contribution in [0.5, 0.6) is 0 Å². The molecule has 3 aromatic rings. The summed E-state index contributed by atoms with van der Waals surface area (Å²) in [5, 5.41) is 11.9. The van der Waals surface area contributed by atoms with Gasteiger partial charge in [-0.25, -0.2) is 9.97 Å². The van der Waals surface area contributed by atoms with Crippen molar-refractivity contribution < 1.29 is 9.72 Å². The number of amides is 1. The van der Waals surface area contributed by atoms with Gasteiger partial charge in [-0.15, -0.1) is 0 Å². The quantitative estimate of drug-likeness (QED) is 0.418. The lowest BCUT2D eigenvalue weighted by Gasteiger charge is -2.32. The predicted molar refractivity (Wildman–Crippen MR) is 126 cm³/mol. The Labute approximate surface area is 192 Å². The number of hydrazine groups is 1. The van der Waals surface area contributed by atoms with Crippen molar-refractivity contribution in [1.82, 2.24) is 15.4 Å². The number of carbonyl (C=O) groups is 1. The molecule has 1 aliphatic heterocycles. The molecule has 2 aromatic carbocycles. The normalized spacial score (nSPS) is 14.0. The van der Waals surface area contributed by atoms with Gasteiger partial charge < -0.3 is 4.90 Å². The van der Waals surface area contributed by atoms with Gasteiger partial charge in [0.15, 0.2) is 0 Å². The lowest BCUT2D eigenvalue weighted by molar-refractivity contribution is -0.383. The fourth-order valence-electron chi connectivity index (χ4n) is 4.05. The molecule has 0 radical (unpaired) electrons. The highest BCUT2D eigenvalue weighted by Crippen LogP contribution is 2.34. The Morgan fingerprint density at radius 1 is 1.09 bits per heavy atom. The predicted octanol–water partition coefficient (Wildman–Crippen LogP) is 3.91. The lowest BCUT2D eigenvalue weighted by atomic mass is 9.90. The highest BCUT2D eigenvalue weighted by molar-refractivity contribution is 5.95. The maximum absolute atomic E-state index is 12.4. The average molecular weight is 447 g/mol. The van der Waals surface area contributed by atoms with E-state index in [1.165, 1.54) is 11.9 Å².